The van der Waals surface area contributed by atoms with Gasteiger partial charge in [0.25, 0.3) is 0 Å². The summed E-state index contributed by atoms with van der Waals surface area (Å²) in [6.07, 6.45) is 1.16. The summed E-state index contributed by atoms with van der Waals surface area (Å²) in [6.45, 7) is 12.2. The molecule has 1 aromatic rings. The predicted molar refractivity (Wildman–Crippen MR) is 122 cm³/mol. The van der Waals surface area contributed by atoms with Crippen LogP contribution in [0.2, 0.25) is 0 Å². The van der Waals surface area contributed by atoms with E-state index in [-0.39, 0.29) is 22.9 Å². The summed E-state index contributed by atoms with van der Waals surface area (Å²) in [7, 11) is -2.45. The Labute approximate surface area is 191 Å². The van der Waals surface area contributed by atoms with Gasteiger partial charge in [0.15, 0.2) is 0 Å². The molecule has 0 bridgehead atoms. The molecular weight excluding hydrogens is 432 g/mol. The maximum Gasteiger partial charge on any atom is 0.410 e. The lowest BCUT2D eigenvalue weighted by atomic mass is 9.98. The summed E-state index contributed by atoms with van der Waals surface area (Å²) in [5, 5.41) is 0. The third-order valence-electron chi connectivity index (χ3n) is 5.40. The molecule has 32 heavy (non-hydrogen) atoms. The Morgan fingerprint density at radius 3 is 2.44 bits per heavy atom. The number of amides is 1. The Morgan fingerprint density at radius 2 is 1.91 bits per heavy atom. The highest BCUT2D eigenvalue weighted by Gasteiger charge is 2.34. The molecule has 0 N–H and O–H groups in total. The molecule has 1 fully saturated rings. The van der Waals surface area contributed by atoms with Gasteiger partial charge in [-0.3, -0.25) is 0 Å². The van der Waals surface area contributed by atoms with Crippen molar-refractivity contribution in [1.29, 1.82) is 0 Å². The number of nitrogens with zero attached hydrogens (tertiary/aromatic N) is 2. The van der Waals surface area contributed by atoms with Gasteiger partial charge in [0.1, 0.15) is 5.60 Å². The zero-order chi connectivity index (χ0) is 24.3. The molecule has 1 aliphatic heterocycles. The minimum Gasteiger partial charge on any atom is -0.465 e. The third-order valence-corrected chi connectivity index (χ3v) is 7.43. The van der Waals surface area contributed by atoms with E-state index in [0.717, 1.165) is 6.42 Å². The maximum atomic E-state index is 13.3. The van der Waals surface area contributed by atoms with Crippen LogP contribution in [0.4, 0.5) is 4.79 Å². The fourth-order valence-electron chi connectivity index (χ4n) is 3.81. The molecule has 1 atom stereocenters. The fraction of sp³-hybridized carbons (Fsp3) is 0.652. The number of piperidine rings is 1. The molecule has 0 radical (unpaired) electrons. The number of hydrogen-bond acceptors (Lipinski definition) is 6. The van der Waals surface area contributed by atoms with Crippen LogP contribution in [0.5, 0.6) is 0 Å². The average Bonchev–Trinajstić information content (AvgIpc) is 2.69. The van der Waals surface area contributed by atoms with Gasteiger partial charge in [0.2, 0.25) is 10.0 Å². The van der Waals surface area contributed by atoms with Gasteiger partial charge in [-0.05, 0) is 84.1 Å². The van der Waals surface area contributed by atoms with E-state index in [4.69, 9.17) is 9.47 Å². The first-order chi connectivity index (χ1) is 14.8. The predicted octanol–water partition coefficient (Wildman–Crippen LogP) is 3.83. The van der Waals surface area contributed by atoms with Crippen LogP contribution in [0, 0.1) is 12.8 Å². The number of rotatable bonds is 6. The van der Waals surface area contributed by atoms with Gasteiger partial charge in [-0.2, -0.15) is 4.31 Å². The number of carbonyl (C=O) groups excluding carboxylic acids is 2. The standard InChI is InChI=1S/C23H36N2O6S/c1-16(2)25(22(27)31-23(4,5)6)15-18-9-8-12-24(14-18)32(28,29)20-11-10-19(13-17(20)3)21(26)30-7/h10-11,13,16,18H,8-9,12,14-15H2,1-7H3. The molecule has 9 heteroatoms. The van der Waals surface area contributed by atoms with E-state index in [9.17, 15) is 18.0 Å². The number of methoxy groups -OCH3 is 1. The van der Waals surface area contributed by atoms with E-state index in [1.54, 1.807) is 11.8 Å². The zero-order valence-corrected chi connectivity index (χ0v) is 21.0. The van der Waals surface area contributed by atoms with Crippen molar-refractivity contribution in [3.8, 4) is 0 Å². The molecule has 2 rings (SSSR count). The molecular formula is C23H36N2O6S. The molecule has 1 heterocycles. The van der Waals surface area contributed by atoms with Crippen LogP contribution in [0.3, 0.4) is 0 Å². The Hall–Kier alpha value is -2.13. The van der Waals surface area contributed by atoms with Crippen LogP contribution in [-0.4, -0.2) is 68.1 Å². The van der Waals surface area contributed by atoms with Crippen LogP contribution in [0.1, 0.15) is 63.4 Å². The van der Waals surface area contributed by atoms with E-state index in [2.05, 4.69) is 0 Å². The molecule has 0 spiro atoms. The summed E-state index contributed by atoms with van der Waals surface area (Å²) < 4.78 is 38.4. The first kappa shape index (κ1) is 26.1. The van der Waals surface area contributed by atoms with Gasteiger partial charge < -0.3 is 14.4 Å². The summed E-state index contributed by atoms with van der Waals surface area (Å²) in [6, 6.07) is 4.39. The lowest BCUT2D eigenvalue weighted by Crippen LogP contribution is -2.48. The first-order valence-electron chi connectivity index (χ1n) is 10.9. The topological polar surface area (TPSA) is 93.2 Å². The smallest absolute Gasteiger partial charge is 0.410 e. The van der Waals surface area contributed by atoms with Crippen molar-refractivity contribution in [2.75, 3.05) is 26.7 Å². The van der Waals surface area contributed by atoms with Gasteiger partial charge >= 0.3 is 12.1 Å². The molecule has 1 saturated heterocycles. The Morgan fingerprint density at radius 1 is 1.25 bits per heavy atom. The number of aryl methyl sites for hydroxylation is 1. The van der Waals surface area contributed by atoms with Gasteiger partial charge in [-0.15, -0.1) is 0 Å². The summed E-state index contributed by atoms with van der Waals surface area (Å²) in [5.41, 5.74) is 0.207. The van der Waals surface area contributed by atoms with Crippen LogP contribution >= 0.6 is 0 Å². The first-order valence-corrected chi connectivity index (χ1v) is 12.4. The lowest BCUT2D eigenvalue weighted by molar-refractivity contribution is 0.0137. The molecule has 0 saturated carbocycles. The van der Waals surface area contributed by atoms with Gasteiger partial charge in [0, 0.05) is 25.7 Å². The molecule has 8 nitrogen and oxygen atoms in total. The zero-order valence-electron chi connectivity index (χ0n) is 20.2. The van der Waals surface area contributed by atoms with E-state index in [1.165, 1.54) is 29.6 Å². The molecule has 0 aliphatic carbocycles. The number of carbonyl (C=O) groups is 2. The lowest BCUT2D eigenvalue weighted by Gasteiger charge is -2.37. The highest BCUT2D eigenvalue weighted by molar-refractivity contribution is 7.89. The van der Waals surface area contributed by atoms with Crippen molar-refractivity contribution in [2.24, 2.45) is 5.92 Å². The summed E-state index contributed by atoms with van der Waals surface area (Å²) in [4.78, 5) is 26.3. The van der Waals surface area contributed by atoms with Crippen LogP contribution in [-0.2, 0) is 19.5 Å². The van der Waals surface area contributed by atoms with Crippen molar-refractivity contribution in [3.63, 3.8) is 0 Å². The number of ether oxygens (including phenoxy) is 2. The molecule has 1 aromatic carbocycles. The van der Waals surface area contributed by atoms with Gasteiger partial charge in [-0.25, -0.2) is 18.0 Å². The maximum absolute atomic E-state index is 13.3. The highest BCUT2D eigenvalue weighted by atomic mass is 32.2. The van der Waals surface area contributed by atoms with Crippen molar-refractivity contribution in [2.45, 2.75) is 70.9 Å². The normalized spacial score (nSPS) is 17.8. The van der Waals surface area contributed by atoms with Gasteiger partial charge in [0.05, 0.1) is 17.6 Å². The summed E-state index contributed by atoms with van der Waals surface area (Å²) in [5.74, 6) is -0.505. The van der Waals surface area contributed by atoms with E-state index < -0.39 is 21.6 Å². The largest absolute Gasteiger partial charge is 0.465 e. The molecule has 1 unspecified atom stereocenters. The molecule has 180 valence electrons. The van der Waals surface area contributed by atoms with Crippen molar-refractivity contribution >= 4 is 22.1 Å². The number of sulfonamides is 1. The van der Waals surface area contributed by atoms with E-state index in [0.29, 0.717) is 37.2 Å². The monoisotopic (exact) mass is 468 g/mol. The fourth-order valence-corrected chi connectivity index (χ4v) is 5.57. The quantitative estimate of drug-likeness (QED) is 0.589. The highest BCUT2D eigenvalue weighted by Crippen LogP contribution is 2.27. The molecule has 1 amide bonds. The number of hydrogen-bond donors (Lipinski definition) is 0. The second-order valence-electron chi connectivity index (χ2n) is 9.57. The number of esters is 1. The minimum atomic E-state index is -3.73. The average molecular weight is 469 g/mol. The number of benzene rings is 1. The van der Waals surface area contributed by atoms with Crippen molar-refractivity contribution < 1.29 is 27.5 Å². The Kier molecular flexibility index (Phi) is 8.33. The molecule has 1 aliphatic rings. The van der Waals surface area contributed by atoms with E-state index >= 15 is 0 Å². The third kappa shape index (κ3) is 6.45. The second kappa shape index (κ2) is 10.2. The van der Waals surface area contributed by atoms with E-state index in [1.807, 2.05) is 34.6 Å². The molecule has 0 aromatic heterocycles. The Balaban J connectivity index is 2.19. The van der Waals surface area contributed by atoms with Crippen molar-refractivity contribution in [3.05, 3.63) is 29.3 Å². The van der Waals surface area contributed by atoms with Crippen LogP contribution in [0.15, 0.2) is 23.1 Å². The second-order valence-corrected chi connectivity index (χ2v) is 11.5. The minimum absolute atomic E-state index is 0.00286. The summed E-state index contributed by atoms with van der Waals surface area (Å²) >= 11 is 0. The van der Waals surface area contributed by atoms with Crippen LogP contribution in [0.25, 0.3) is 0 Å². The Bertz CT molecular complexity index is 936. The van der Waals surface area contributed by atoms with Crippen molar-refractivity contribution in [1.82, 2.24) is 9.21 Å². The SMILES string of the molecule is COC(=O)c1ccc(S(=O)(=O)N2CCCC(CN(C(=O)OC(C)(C)C)C(C)C)C2)c(C)c1. The van der Waals surface area contributed by atoms with Gasteiger partial charge in [-0.1, -0.05) is 0 Å². The van der Waals surface area contributed by atoms with Crippen LogP contribution < -0.4 is 0 Å².